The summed E-state index contributed by atoms with van der Waals surface area (Å²) in [5.41, 5.74) is -0.965. The summed E-state index contributed by atoms with van der Waals surface area (Å²) in [4.78, 5) is 42.2. The molecule has 0 aromatic carbocycles. The summed E-state index contributed by atoms with van der Waals surface area (Å²) >= 11 is 0. The molecule has 0 unspecified atom stereocenters. The van der Waals surface area contributed by atoms with Crippen LogP contribution in [0.1, 0.15) is 47.0 Å². The molecule has 0 radical (unpaired) electrons. The minimum Gasteiger partial charge on any atom is -0.336 e. The summed E-state index contributed by atoms with van der Waals surface area (Å²) < 4.78 is 0. The normalized spacial score (nSPS) is 33.4. The highest BCUT2D eigenvalue weighted by Gasteiger charge is 2.59. The molecule has 3 heterocycles. The SMILES string of the molecule is CC(C)(C)N1C[C@H](N2C(=O)N3CCC[C@]3(C)C2=O)CC1=O. The summed E-state index contributed by atoms with van der Waals surface area (Å²) in [6, 6.07) is -0.535. The average Bonchev–Trinajstić information content (AvgIpc) is 2.97. The Labute approximate surface area is 125 Å². The van der Waals surface area contributed by atoms with Crippen molar-refractivity contribution in [3.8, 4) is 0 Å². The van der Waals surface area contributed by atoms with E-state index in [4.69, 9.17) is 0 Å². The van der Waals surface area contributed by atoms with Gasteiger partial charge in [0.15, 0.2) is 0 Å². The smallest absolute Gasteiger partial charge is 0.328 e. The third-order valence-electron chi connectivity index (χ3n) is 5.04. The highest BCUT2D eigenvalue weighted by atomic mass is 16.2. The number of nitrogens with zero attached hydrogens (tertiary/aromatic N) is 3. The van der Waals surface area contributed by atoms with Crippen LogP contribution >= 0.6 is 0 Å². The van der Waals surface area contributed by atoms with Crippen LogP contribution in [0.4, 0.5) is 4.79 Å². The number of imide groups is 1. The van der Waals surface area contributed by atoms with Gasteiger partial charge in [0, 0.05) is 25.0 Å². The molecule has 21 heavy (non-hydrogen) atoms. The van der Waals surface area contributed by atoms with E-state index in [-0.39, 0.29) is 35.8 Å². The molecular formula is C15H23N3O3. The van der Waals surface area contributed by atoms with E-state index in [1.165, 1.54) is 4.90 Å². The summed E-state index contributed by atoms with van der Waals surface area (Å²) in [5.74, 6) is -0.108. The second-order valence-corrected chi connectivity index (χ2v) is 7.52. The van der Waals surface area contributed by atoms with E-state index >= 15 is 0 Å². The first kappa shape index (κ1) is 14.4. The van der Waals surface area contributed by atoms with Gasteiger partial charge in [0.2, 0.25) is 5.91 Å². The summed E-state index contributed by atoms with van der Waals surface area (Å²) in [6.45, 7) is 8.85. The van der Waals surface area contributed by atoms with Crippen LogP contribution in [0, 0.1) is 0 Å². The molecule has 4 amide bonds. The third-order valence-corrected chi connectivity index (χ3v) is 5.04. The first-order valence-corrected chi connectivity index (χ1v) is 7.62. The van der Waals surface area contributed by atoms with Crippen molar-refractivity contribution in [2.75, 3.05) is 13.1 Å². The minimum atomic E-state index is -0.685. The zero-order valence-electron chi connectivity index (χ0n) is 13.2. The van der Waals surface area contributed by atoms with Crippen molar-refractivity contribution in [3.05, 3.63) is 0 Å². The highest BCUT2D eigenvalue weighted by molar-refractivity contribution is 6.08. The molecule has 0 saturated carbocycles. The molecule has 3 saturated heterocycles. The number of fused-ring (bicyclic) bond motifs is 1. The number of carbonyl (C=O) groups excluding carboxylic acids is 3. The summed E-state index contributed by atoms with van der Waals surface area (Å²) in [5, 5.41) is 0. The van der Waals surface area contributed by atoms with Gasteiger partial charge in [-0.3, -0.25) is 14.5 Å². The van der Waals surface area contributed by atoms with Crippen LogP contribution in [0.5, 0.6) is 0 Å². The Bertz CT molecular complexity index is 525. The molecule has 6 heteroatoms. The van der Waals surface area contributed by atoms with Crippen molar-refractivity contribution in [1.82, 2.24) is 14.7 Å². The number of hydrogen-bond donors (Lipinski definition) is 0. The maximum Gasteiger partial charge on any atom is 0.328 e. The standard InChI is InChI=1S/C15H23N3O3/c1-14(2,3)17-9-10(8-11(17)19)18-12(20)15(4)6-5-7-16(15)13(18)21/h10H,5-9H2,1-4H3/t10-,15-/m1/s1. The number of likely N-dealkylation sites (tertiary alicyclic amines) is 1. The van der Waals surface area contributed by atoms with E-state index in [1.807, 2.05) is 27.7 Å². The van der Waals surface area contributed by atoms with Gasteiger partial charge in [0.1, 0.15) is 5.54 Å². The molecule has 3 aliphatic rings. The molecule has 0 aromatic rings. The van der Waals surface area contributed by atoms with Crippen molar-refractivity contribution >= 4 is 17.8 Å². The van der Waals surface area contributed by atoms with Crippen LogP contribution in [-0.2, 0) is 9.59 Å². The van der Waals surface area contributed by atoms with Gasteiger partial charge in [-0.2, -0.15) is 0 Å². The molecule has 0 aromatic heterocycles. The molecule has 3 aliphatic heterocycles. The summed E-state index contributed by atoms with van der Waals surface area (Å²) in [7, 11) is 0. The average molecular weight is 293 g/mol. The number of carbonyl (C=O) groups is 3. The predicted molar refractivity (Wildman–Crippen MR) is 76.5 cm³/mol. The van der Waals surface area contributed by atoms with Gasteiger partial charge in [-0.15, -0.1) is 0 Å². The highest BCUT2D eigenvalue weighted by Crippen LogP contribution is 2.39. The number of rotatable bonds is 1. The first-order valence-electron chi connectivity index (χ1n) is 7.62. The Morgan fingerprint density at radius 2 is 1.86 bits per heavy atom. The topological polar surface area (TPSA) is 60.9 Å². The lowest BCUT2D eigenvalue weighted by molar-refractivity contribution is -0.133. The maximum absolute atomic E-state index is 12.7. The Morgan fingerprint density at radius 1 is 1.19 bits per heavy atom. The predicted octanol–water partition coefficient (Wildman–Crippen LogP) is 1.20. The molecule has 2 atom stereocenters. The van der Waals surface area contributed by atoms with Gasteiger partial charge in [-0.1, -0.05) is 0 Å². The molecule has 116 valence electrons. The fourth-order valence-electron chi connectivity index (χ4n) is 3.80. The molecule has 3 fully saturated rings. The van der Waals surface area contributed by atoms with Crippen LogP contribution in [0.25, 0.3) is 0 Å². The van der Waals surface area contributed by atoms with Crippen LogP contribution in [0.2, 0.25) is 0 Å². The lowest BCUT2D eigenvalue weighted by Crippen LogP contribution is -2.47. The fourth-order valence-corrected chi connectivity index (χ4v) is 3.80. The first-order chi connectivity index (χ1) is 9.66. The van der Waals surface area contributed by atoms with Crippen LogP contribution in [0.15, 0.2) is 0 Å². The maximum atomic E-state index is 12.7. The van der Waals surface area contributed by atoms with Gasteiger partial charge in [0.05, 0.1) is 6.04 Å². The lowest BCUT2D eigenvalue weighted by atomic mass is 9.99. The largest absolute Gasteiger partial charge is 0.336 e. The molecule has 0 spiro atoms. The lowest BCUT2D eigenvalue weighted by Gasteiger charge is -2.32. The van der Waals surface area contributed by atoms with Crippen LogP contribution < -0.4 is 0 Å². The minimum absolute atomic E-state index is 0.0188. The van der Waals surface area contributed by atoms with E-state index in [2.05, 4.69) is 0 Å². The van der Waals surface area contributed by atoms with Crippen molar-refractivity contribution in [2.45, 2.75) is 64.1 Å². The van der Waals surface area contributed by atoms with Gasteiger partial charge < -0.3 is 9.80 Å². The van der Waals surface area contributed by atoms with E-state index in [1.54, 1.807) is 9.80 Å². The third kappa shape index (κ3) is 1.88. The zero-order chi connectivity index (χ0) is 15.6. The van der Waals surface area contributed by atoms with Gasteiger partial charge >= 0.3 is 6.03 Å². The molecule has 0 N–H and O–H groups in total. The van der Waals surface area contributed by atoms with Crippen molar-refractivity contribution < 1.29 is 14.4 Å². The quantitative estimate of drug-likeness (QED) is 0.683. The molecular weight excluding hydrogens is 270 g/mol. The monoisotopic (exact) mass is 293 g/mol. The van der Waals surface area contributed by atoms with Gasteiger partial charge in [0.25, 0.3) is 5.91 Å². The second kappa shape index (κ2) is 4.21. The molecule has 0 bridgehead atoms. The van der Waals surface area contributed by atoms with E-state index in [0.717, 1.165) is 12.8 Å². The summed E-state index contributed by atoms with van der Waals surface area (Å²) in [6.07, 6.45) is 1.84. The van der Waals surface area contributed by atoms with Crippen molar-refractivity contribution in [2.24, 2.45) is 0 Å². The number of amides is 4. The molecule has 3 rings (SSSR count). The van der Waals surface area contributed by atoms with Crippen LogP contribution in [-0.4, -0.2) is 62.8 Å². The fraction of sp³-hybridized carbons (Fsp3) is 0.800. The van der Waals surface area contributed by atoms with Crippen LogP contribution in [0.3, 0.4) is 0 Å². The Balaban J connectivity index is 1.85. The molecule has 0 aliphatic carbocycles. The van der Waals surface area contributed by atoms with Gasteiger partial charge in [-0.25, -0.2) is 4.79 Å². The Kier molecular flexibility index (Phi) is 2.88. The Morgan fingerprint density at radius 3 is 2.38 bits per heavy atom. The van der Waals surface area contributed by atoms with Crippen molar-refractivity contribution in [3.63, 3.8) is 0 Å². The van der Waals surface area contributed by atoms with Crippen molar-refractivity contribution in [1.29, 1.82) is 0 Å². The zero-order valence-corrected chi connectivity index (χ0v) is 13.2. The van der Waals surface area contributed by atoms with E-state index in [0.29, 0.717) is 13.1 Å². The van der Waals surface area contributed by atoms with Gasteiger partial charge in [-0.05, 0) is 40.5 Å². The van der Waals surface area contributed by atoms with E-state index in [9.17, 15) is 14.4 Å². The second-order valence-electron chi connectivity index (χ2n) is 7.52. The Hall–Kier alpha value is -1.59. The number of urea groups is 1. The molecule has 6 nitrogen and oxygen atoms in total. The number of hydrogen-bond acceptors (Lipinski definition) is 3. The van der Waals surface area contributed by atoms with E-state index < -0.39 is 5.54 Å².